The largest absolute Gasteiger partial charge is 0.495 e. The van der Waals surface area contributed by atoms with Gasteiger partial charge in [0.05, 0.1) is 35.3 Å². The summed E-state index contributed by atoms with van der Waals surface area (Å²) in [4.78, 5) is 24.9. The zero-order valence-electron chi connectivity index (χ0n) is 17.8. The highest BCUT2D eigenvalue weighted by Crippen LogP contribution is 2.35. The number of sulfonamides is 1. The van der Waals surface area contributed by atoms with Crippen LogP contribution in [0.5, 0.6) is 11.5 Å². The highest BCUT2D eigenvalue weighted by molar-refractivity contribution is 7.89. The number of nitrogens with one attached hydrogen (secondary N) is 2. The summed E-state index contributed by atoms with van der Waals surface area (Å²) in [6.45, 7) is 3.00. The van der Waals surface area contributed by atoms with Crippen molar-refractivity contribution < 1.29 is 27.1 Å². The SMILES string of the molecule is COc1cc(OC)c(NC(=O)Cn2c(=O)oc3cc(S(=O)(=O)NC(C)C)ccc32)cc1Cl. The number of carbonyl (C=O) groups excluding carboxylic acids is 1. The number of benzene rings is 2. The summed E-state index contributed by atoms with van der Waals surface area (Å²) < 4.78 is 43.8. The van der Waals surface area contributed by atoms with E-state index in [1.54, 1.807) is 13.8 Å². The van der Waals surface area contributed by atoms with Gasteiger partial charge in [-0.25, -0.2) is 17.9 Å². The quantitative estimate of drug-likeness (QED) is 0.503. The first-order chi connectivity index (χ1) is 15.1. The molecule has 0 aliphatic carbocycles. The normalized spacial score (nSPS) is 11.7. The number of halogens is 1. The highest BCUT2D eigenvalue weighted by Gasteiger charge is 2.20. The molecular weight excluding hydrogens is 462 g/mol. The van der Waals surface area contributed by atoms with E-state index in [1.807, 2.05) is 0 Å². The number of aromatic nitrogens is 1. The Bertz CT molecular complexity index is 1330. The maximum Gasteiger partial charge on any atom is 0.420 e. The molecule has 0 saturated carbocycles. The van der Waals surface area contributed by atoms with Crippen molar-refractivity contribution in [3.8, 4) is 11.5 Å². The zero-order chi connectivity index (χ0) is 23.6. The molecule has 0 spiro atoms. The smallest absolute Gasteiger partial charge is 0.420 e. The predicted molar refractivity (Wildman–Crippen MR) is 119 cm³/mol. The third-order valence-electron chi connectivity index (χ3n) is 4.39. The Morgan fingerprint density at radius 2 is 1.84 bits per heavy atom. The first kappa shape index (κ1) is 23.6. The van der Waals surface area contributed by atoms with Crippen LogP contribution in [0.2, 0.25) is 5.02 Å². The zero-order valence-corrected chi connectivity index (χ0v) is 19.3. The van der Waals surface area contributed by atoms with E-state index in [0.717, 1.165) is 4.57 Å². The Labute approximate surface area is 189 Å². The van der Waals surface area contributed by atoms with Gasteiger partial charge in [0.15, 0.2) is 5.58 Å². The summed E-state index contributed by atoms with van der Waals surface area (Å²) in [6, 6.07) is 6.66. The number of rotatable bonds is 8. The molecule has 12 heteroatoms. The van der Waals surface area contributed by atoms with Gasteiger partial charge in [-0.05, 0) is 32.0 Å². The molecule has 0 saturated heterocycles. The predicted octanol–water partition coefficient (Wildman–Crippen LogP) is 2.59. The van der Waals surface area contributed by atoms with Crippen LogP contribution in [0.15, 0.2) is 44.4 Å². The summed E-state index contributed by atoms with van der Waals surface area (Å²) in [5.41, 5.74) is 0.602. The molecule has 1 heterocycles. The molecule has 0 aliphatic heterocycles. The first-order valence-corrected chi connectivity index (χ1v) is 11.3. The van der Waals surface area contributed by atoms with Crippen LogP contribution in [0.25, 0.3) is 11.1 Å². The van der Waals surface area contributed by atoms with Gasteiger partial charge in [0.2, 0.25) is 15.9 Å². The molecule has 1 amide bonds. The topological polar surface area (TPSA) is 129 Å². The van der Waals surface area contributed by atoms with Gasteiger partial charge in [0.25, 0.3) is 0 Å². The lowest BCUT2D eigenvalue weighted by atomic mass is 10.2. The number of fused-ring (bicyclic) bond motifs is 1. The van der Waals surface area contributed by atoms with Crippen molar-refractivity contribution in [2.75, 3.05) is 19.5 Å². The van der Waals surface area contributed by atoms with E-state index in [4.69, 9.17) is 25.5 Å². The van der Waals surface area contributed by atoms with Crippen molar-refractivity contribution in [3.05, 3.63) is 45.9 Å². The lowest BCUT2D eigenvalue weighted by Crippen LogP contribution is -2.30. The minimum atomic E-state index is -3.77. The van der Waals surface area contributed by atoms with Crippen molar-refractivity contribution in [2.24, 2.45) is 0 Å². The Morgan fingerprint density at radius 1 is 1.16 bits per heavy atom. The van der Waals surface area contributed by atoms with Gasteiger partial charge in [-0.2, -0.15) is 0 Å². The van der Waals surface area contributed by atoms with E-state index >= 15 is 0 Å². The molecule has 2 aromatic carbocycles. The molecule has 0 fully saturated rings. The number of hydrogen-bond acceptors (Lipinski definition) is 7. The number of nitrogens with zero attached hydrogens (tertiary/aromatic N) is 1. The van der Waals surface area contributed by atoms with E-state index in [2.05, 4.69) is 10.0 Å². The summed E-state index contributed by atoms with van der Waals surface area (Å²) in [6.07, 6.45) is 0. The molecule has 0 bridgehead atoms. The molecule has 1 aromatic heterocycles. The molecule has 3 rings (SSSR count). The summed E-state index contributed by atoms with van der Waals surface area (Å²) >= 11 is 6.11. The van der Waals surface area contributed by atoms with Crippen LogP contribution in [-0.4, -0.2) is 39.2 Å². The molecule has 10 nitrogen and oxygen atoms in total. The van der Waals surface area contributed by atoms with E-state index in [-0.39, 0.29) is 39.3 Å². The van der Waals surface area contributed by atoms with Crippen LogP contribution >= 0.6 is 11.6 Å². The average Bonchev–Trinajstić information content (AvgIpc) is 3.01. The van der Waals surface area contributed by atoms with Crippen LogP contribution in [0.3, 0.4) is 0 Å². The fourth-order valence-electron chi connectivity index (χ4n) is 3.03. The van der Waals surface area contributed by atoms with Gasteiger partial charge in [-0.3, -0.25) is 9.36 Å². The third-order valence-corrected chi connectivity index (χ3v) is 6.34. The Balaban J connectivity index is 1.88. The molecule has 0 radical (unpaired) electrons. The number of oxazole rings is 1. The molecule has 3 aromatic rings. The molecular formula is C20H22ClN3O7S. The van der Waals surface area contributed by atoms with Gasteiger partial charge in [-0.15, -0.1) is 0 Å². The van der Waals surface area contributed by atoms with E-state index in [1.165, 1.54) is 44.6 Å². The Morgan fingerprint density at radius 3 is 2.47 bits per heavy atom. The fourth-order valence-corrected chi connectivity index (χ4v) is 4.54. The summed E-state index contributed by atoms with van der Waals surface area (Å²) in [5.74, 6) is -0.665. The lowest BCUT2D eigenvalue weighted by molar-refractivity contribution is -0.116. The van der Waals surface area contributed by atoms with Gasteiger partial charge < -0.3 is 19.2 Å². The van der Waals surface area contributed by atoms with Gasteiger partial charge in [0.1, 0.15) is 18.0 Å². The molecule has 172 valence electrons. The number of ether oxygens (including phenoxy) is 2. The summed E-state index contributed by atoms with van der Waals surface area (Å²) in [7, 11) is -0.901. The molecule has 2 N–H and O–H groups in total. The number of anilines is 1. The summed E-state index contributed by atoms with van der Waals surface area (Å²) in [5, 5.41) is 2.89. The van der Waals surface area contributed by atoms with Gasteiger partial charge in [0, 0.05) is 18.2 Å². The van der Waals surface area contributed by atoms with Crippen molar-refractivity contribution in [1.29, 1.82) is 0 Å². The third kappa shape index (κ3) is 4.90. The van der Waals surface area contributed by atoms with E-state index < -0.39 is 21.7 Å². The van der Waals surface area contributed by atoms with Crippen LogP contribution in [0.4, 0.5) is 5.69 Å². The van der Waals surface area contributed by atoms with Crippen LogP contribution < -0.4 is 25.3 Å². The van der Waals surface area contributed by atoms with Crippen molar-refractivity contribution >= 4 is 44.3 Å². The number of carbonyl (C=O) groups is 1. The number of amides is 1. The fraction of sp³-hybridized carbons (Fsp3) is 0.300. The minimum Gasteiger partial charge on any atom is -0.495 e. The number of methoxy groups -OCH3 is 2. The minimum absolute atomic E-state index is 0.0412. The number of hydrogen-bond donors (Lipinski definition) is 2. The van der Waals surface area contributed by atoms with Gasteiger partial charge in [-0.1, -0.05) is 11.6 Å². The highest BCUT2D eigenvalue weighted by atomic mass is 35.5. The van der Waals surface area contributed by atoms with Crippen LogP contribution in [-0.2, 0) is 21.4 Å². The Kier molecular flexibility index (Phi) is 6.82. The van der Waals surface area contributed by atoms with E-state index in [9.17, 15) is 18.0 Å². The standard InChI is InChI=1S/C20H22ClN3O7S/c1-11(2)23-32(27,28)12-5-6-15-18(7-12)31-20(26)24(15)10-19(25)22-14-8-13(21)16(29-3)9-17(14)30-4/h5-9,11,23H,10H2,1-4H3,(H,22,25). The monoisotopic (exact) mass is 483 g/mol. The van der Waals surface area contributed by atoms with Gasteiger partial charge >= 0.3 is 5.76 Å². The molecule has 0 unspecified atom stereocenters. The lowest BCUT2D eigenvalue weighted by Gasteiger charge is -2.13. The molecule has 0 aliphatic rings. The second-order valence-electron chi connectivity index (χ2n) is 7.09. The maximum atomic E-state index is 12.6. The van der Waals surface area contributed by atoms with Crippen molar-refractivity contribution in [2.45, 2.75) is 31.3 Å². The van der Waals surface area contributed by atoms with Crippen molar-refractivity contribution in [1.82, 2.24) is 9.29 Å². The van der Waals surface area contributed by atoms with Crippen LogP contribution in [0.1, 0.15) is 13.8 Å². The Hall–Kier alpha value is -3.02. The second kappa shape index (κ2) is 9.23. The van der Waals surface area contributed by atoms with Crippen molar-refractivity contribution in [3.63, 3.8) is 0 Å². The molecule has 32 heavy (non-hydrogen) atoms. The second-order valence-corrected chi connectivity index (χ2v) is 9.22. The average molecular weight is 484 g/mol. The van der Waals surface area contributed by atoms with Crippen LogP contribution in [0, 0.1) is 0 Å². The maximum absolute atomic E-state index is 12.6. The van der Waals surface area contributed by atoms with E-state index in [0.29, 0.717) is 11.5 Å². The molecule has 0 atom stereocenters. The first-order valence-electron chi connectivity index (χ1n) is 9.42.